The molecule has 0 aromatic heterocycles. The molecule has 0 aliphatic heterocycles. The van der Waals surface area contributed by atoms with E-state index in [2.05, 4.69) is 0 Å². The summed E-state index contributed by atoms with van der Waals surface area (Å²) in [5.41, 5.74) is 0.380. The number of anilines is 1. The maximum Gasteiger partial charge on any atom is 0.320 e. The Morgan fingerprint density at radius 1 is 1.50 bits per heavy atom. The van der Waals surface area contributed by atoms with Gasteiger partial charge in [-0.25, -0.2) is 12.8 Å². The van der Waals surface area contributed by atoms with Gasteiger partial charge in [-0.05, 0) is 24.6 Å². The van der Waals surface area contributed by atoms with Gasteiger partial charge in [-0.15, -0.1) is 0 Å². The summed E-state index contributed by atoms with van der Waals surface area (Å²) >= 11 is 0. The Morgan fingerprint density at radius 3 is 2.62 bits per heavy atom. The summed E-state index contributed by atoms with van der Waals surface area (Å²) in [6.07, 6.45) is 0. The van der Waals surface area contributed by atoms with E-state index in [-0.39, 0.29) is 5.69 Å². The zero-order valence-electron chi connectivity index (χ0n) is 8.40. The predicted molar refractivity (Wildman–Crippen MR) is 56.2 cm³/mol. The van der Waals surface area contributed by atoms with E-state index < -0.39 is 27.6 Å². The molecule has 0 aliphatic carbocycles. The van der Waals surface area contributed by atoms with Gasteiger partial charge in [-0.2, -0.15) is 0 Å². The van der Waals surface area contributed by atoms with Crippen LogP contribution in [0.3, 0.4) is 0 Å². The van der Waals surface area contributed by atoms with Crippen LogP contribution >= 0.6 is 0 Å². The number of carboxylic acid groups (broad SMARTS) is 1. The summed E-state index contributed by atoms with van der Waals surface area (Å²) in [6.45, 7) is 1.65. The number of aryl methyl sites for hydroxylation is 1. The number of benzene rings is 1. The normalized spacial score (nSPS) is 11.1. The van der Waals surface area contributed by atoms with Crippen LogP contribution in [0.4, 0.5) is 10.1 Å². The van der Waals surface area contributed by atoms with Crippen LogP contribution in [0, 0.1) is 12.7 Å². The first-order valence-electron chi connectivity index (χ1n) is 4.28. The highest BCUT2D eigenvalue weighted by molar-refractivity contribution is 7.93. The third-order valence-electron chi connectivity index (χ3n) is 1.70. The van der Waals surface area contributed by atoms with Crippen molar-refractivity contribution in [1.82, 2.24) is 0 Å². The molecule has 16 heavy (non-hydrogen) atoms. The number of sulfonamides is 1. The van der Waals surface area contributed by atoms with Gasteiger partial charge in [0.05, 0.1) is 5.69 Å². The number of rotatable bonds is 4. The van der Waals surface area contributed by atoms with Gasteiger partial charge in [0.2, 0.25) is 10.0 Å². The lowest BCUT2D eigenvalue weighted by Gasteiger charge is -2.07. The smallest absolute Gasteiger partial charge is 0.320 e. The van der Waals surface area contributed by atoms with Crippen molar-refractivity contribution in [2.45, 2.75) is 6.92 Å². The highest BCUT2D eigenvalue weighted by Gasteiger charge is 2.17. The molecule has 0 aliphatic rings. The largest absolute Gasteiger partial charge is 0.480 e. The molecule has 0 atom stereocenters. The molecule has 7 heteroatoms. The van der Waals surface area contributed by atoms with Crippen LogP contribution in [0.25, 0.3) is 0 Å². The van der Waals surface area contributed by atoms with Crippen molar-refractivity contribution in [3.05, 3.63) is 29.6 Å². The fourth-order valence-electron chi connectivity index (χ4n) is 1.07. The number of carboxylic acids is 1. The van der Waals surface area contributed by atoms with Crippen LogP contribution in [0.15, 0.2) is 18.2 Å². The Hall–Kier alpha value is -1.63. The topological polar surface area (TPSA) is 83.5 Å². The van der Waals surface area contributed by atoms with Gasteiger partial charge >= 0.3 is 5.97 Å². The summed E-state index contributed by atoms with van der Waals surface area (Å²) in [5, 5.41) is 8.33. The van der Waals surface area contributed by atoms with Crippen molar-refractivity contribution in [3.8, 4) is 0 Å². The van der Waals surface area contributed by atoms with E-state index in [1.165, 1.54) is 12.1 Å². The van der Waals surface area contributed by atoms with Gasteiger partial charge in [0.1, 0.15) is 5.82 Å². The van der Waals surface area contributed by atoms with E-state index in [0.717, 1.165) is 6.07 Å². The van der Waals surface area contributed by atoms with Gasteiger partial charge in [0.15, 0.2) is 5.75 Å². The van der Waals surface area contributed by atoms with Crippen LogP contribution in [0.5, 0.6) is 0 Å². The molecule has 1 rings (SSSR count). The molecule has 0 saturated carbocycles. The minimum absolute atomic E-state index is 0.258. The Balaban J connectivity index is 2.92. The van der Waals surface area contributed by atoms with Crippen LogP contribution in [0.2, 0.25) is 0 Å². The van der Waals surface area contributed by atoms with E-state index in [4.69, 9.17) is 5.11 Å². The van der Waals surface area contributed by atoms with Crippen molar-refractivity contribution in [2.75, 3.05) is 10.5 Å². The highest BCUT2D eigenvalue weighted by Crippen LogP contribution is 2.16. The maximum absolute atomic E-state index is 13.2. The van der Waals surface area contributed by atoms with Crippen molar-refractivity contribution < 1.29 is 22.7 Å². The summed E-state index contributed by atoms with van der Waals surface area (Å²) in [5.74, 6) is -3.34. The molecule has 0 unspecified atom stereocenters. The molecule has 0 spiro atoms. The minimum Gasteiger partial charge on any atom is -0.480 e. The second-order valence-corrected chi connectivity index (χ2v) is 4.96. The SMILES string of the molecule is Cc1ccc(NS(=O)(=O)CC(=O)O)c(F)c1. The number of carbonyl (C=O) groups is 1. The number of aliphatic carboxylic acids is 1. The minimum atomic E-state index is -4.06. The van der Waals surface area contributed by atoms with Crippen LogP contribution in [-0.4, -0.2) is 25.2 Å². The molecular formula is C9H10FNO4S. The van der Waals surface area contributed by atoms with Gasteiger partial charge in [0.25, 0.3) is 0 Å². The van der Waals surface area contributed by atoms with Crippen molar-refractivity contribution in [1.29, 1.82) is 0 Å². The average molecular weight is 247 g/mol. The zero-order chi connectivity index (χ0) is 12.3. The molecule has 1 aromatic rings. The predicted octanol–water partition coefficient (Wildman–Crippen LogP) is 0.960. The number of halogens is 1. The van der Waals surface area contributed by atoms with Crippen LogP contribution in [-0.2, 0) is 14.8 Å². The Morgan fingerprint density at radius 2 is 2.12 bits per heavy atom. The average Bonchev–Trinajstić information content (AvgIpc) is 2.07. The summed E-state index contributed by atoms with van der Waals surface area (Å²) in [6, 6.07) is 3.91. The van der Waals surface area contributed by atoms with E-state index in [0.29, 0.717) is 5.56 Å². The lowest BCUT2D eigenvalue weighted by Crippen LogP contribution is -2.22. The first-order valence-corrected chi connectivity index (χ1v) is 5.94. The van der Waals surface area contributed by atoms with Gasteiger partial charge < -0.3 is 5.11 Å². The number of nitrogens with one attached hydrogen (secondary N) is 1. The summed E-state index contributed by atoms with van der Waals surface area (Å²) in [4.78, 5) is 10.2. The van der Waals surface area contributed by atoms with E-state index in [1.54, 1.807) is 6.92 Å². The molecule has 0 saturated heterocycles. The van der Waals surface area contributed by atoms with Crippen LogP contribution < -0.4 is 4.72 Å². The summed E-state index contributed by atoms with van der Waals surface area (Å²) in [7, 11) is -4.06. The quantitative estimate of drug-likeness (QED) is 0.830. The van der Waals surface area contributed by atoms with Crippen LogP contribution in [0.1, 0.15) is 5.56 Å². The van der Waals surface area contributed by atoms with Gasteiger partial charge in [-0.1, -0.05) is 6.07 Å². The molecule has 0 amide bonds. The third kappa shape index (κ3) is 3.50. The Labute approximate surface area is 92.0 Å². The van der Waals surface area contributed by atoms with Gasteiger partial charge in [0, 0.05) is 0 Å². The zero-order valence-corrected chi connectivity index (χ0v) is 9.21. The number of hydrogen-bond acceptors (Lipinski definition) is 3. The molecule has 2 N–H and O–H groups in total. The van der Waals surface area contributed by atoms with Crippen molar-refractivity contribution >= 4 is 21.7 Å². The molecule has 88 valence electrons. The standard InChI is InChI=1S/C9H10FNO4S/c1-6-2-3-8(7(10)4-6)11-16(14,15)5-9(12)13/h2-4,11H,5H2,1H3,(H,12,13). The molecule has 0 radical (unpaired) electrons. The Bertz CT molecular complexity index is 512. The molecule has 0 heterocycles. The first kappa shape index (κ1) is 12.4. The molecular weight excluding hydrogens is 237 g/mol. The van der Waals surface area contributed by atoms with E-state index >= 15 is 0 Å². The molecule has 5 nitrogen and oxygen atoms in total. The van der Waals surface area contributed by atoms with Gasteiger partial charge in [-0.3, -0.25) is 9.52 Å². The van der Waals surface area contributed by atoms with Crippen molar-refractivity contribution in [2.24, 2.45) is 0 Å². The fourth-order valence-corrected chi connectivity index (χ4v) is 1.97. The first-order chi connectivity index (χ1) is 7.30. The van der Waals surface area contributed by atoms with E-state index in [9.17, 15) is 17.6 Å². The lowest BCUT2D eigenvalue weighted by molar-refractivity contribution is -0.134. The summed E-state index contributed by atoms with van der Waals surface area (Å²) < 4.78 is 37.5. The second kappa shape index (κ2) is 4.48. The highest BCUT2D eigenvalue weighted by atomic mass is 32.2. The third-order valence-corrected chi connectivity index (χ3v) is 2.86. The monoisotopic (exact) mass is 247 g/mol. The van der Waals surface area contributed by atoms with E-state index in [1.807, 2.05) is 4.72 Å². The fraction of sp³-hybridized carbons (Fsp3) is 0.222. The second-order valence-electron chi connectivity index (χ2n) is 3.24. The maximum atomic E-state index is 13.2. The molecule has 0 fully saturated rings. The van der Waals surface area contributed by atoms with Crippen molar-refractivity contribution in [3.63, 3.8) is 0 Å². The Kier molecular flexibility index (Phi) is 3.48. The molecule has 0 bridgehead atoms. The molecule has 1 aromatic carbocycles. The number of hydrogen-bond donors (Lipinski definition) is 2. The lowest BCUT2D eigenvalue weighted by atomic mass is 10.2.